The Hall–Kier alpha value is -2.00. The number of hydrogen-bond donors (Lipinski definition) is 2. The first-order valence-corrected chi connectivity index (χ1v) is 10.5. The number of ether oxygens (including phenoxy) is 1. The molecule has 0 aliphatic carbocycles. The Morgan fingerprint density at radius 2 is 1.97 bits per heavy atom. The molecule has 0 bridgehead atoms. The summed E-state index contributed by atoms with van der Waals surface area (Å²) in [5.74, 6) is 0.684. The second-order valence-electron chi connectivity index (χ2n) is 8.32. The lowest BCUT2D eigenvalue weighted by Gasteiger charge is -2.32. The molecule has 0 spiro atoms. The maximum Gasteiger partial charge on any atom is 0.261 e. The Morgan fingerprint density at radius 3 is 2.72 bits per heavy atom. The molecule has 3 heterocycles. The number of hydrogen-bond acceptors (Lipinski definition) is 7. The average molecular weight is 402 g/mol. The van der Waals surface area contributed by atoms with Crippen LogP contribution in [0.1, 0.15) is 12.8 Å². The van der Waals surface area contributed by atoms with E-state index < -0.39 is 5.60 Å². The highest BCUT2D eigenvalue weighted by Gasteiger charge is 2.30. The predicted octanol–water partition coefficient (Wildman–Crippen LogP) is 0.137. The summed E-state index contributed by atoms with van der Waals surface area (Å²) >= 11 is 0. The summed E-state index contributed by atoms with van der Waals surface area (Å²) in [4.78, 5) is 22.1. The van der Waals surface area contributed by atoms with Crippen LogP contribution in [0, 0.1) is 0 Å². The van der Waals surface area contributed by atoms with Gasteiger partial charge in [-0.3, -0.25) is 14.3 Å². The molecular formula is C21H31N5O3. The first kappa shape index (κ1) is 20.3. The van der Waals surface area contributed by atoms with Gasteiger partial charge in [0.15, 0.2) is 0 Å². The third-order valence-corrected chi connectivity index (χ3v) is 6.07. The van der Waals surface area contributed by atoms with E-state index in [9.17, 15) is 9.90 Å². The molecule has 2 saturated heterocycles. The lowest BCUT2D eigenvalue weighted by Crippen LogP contribution is -2.46. The molecule has 2 aliphatic rings. The van der Waals surface area contributed by atoms with Gasteiger partial charge in [0.2, 0.25) is 0 Å². The average Bonchev–Trinajstić information content (AvgIpc) is 2.72. The summed E-state index contributed by atoms with van der Waals surface area (Å²) in [5, 5.41) is 14.5. The molecule has 1 aromatic heterocycles. The third kappa shape index (κ3) is 4.95. The van der Waals surface area contributed by atoms with Crippen LogP contribution in [0.25, 0.3) is 10.9 Å². The van der Waals surface area contributed by atoms with E-state index in [2.05, 4.69) is 27.1 Å². The van der Waals surface area contributed by atoms with Crippen molar-refractivity contribution in [3.8, 4) is 5.75 Å². The molecular weight excluding hydrogens is 370 g/mol. The second kappa shape index (κ2) is 8.79. The van der Waals surface area contributed by atoms with E-state index in [1.54, 1.807) is 12.4 Å². The Labute approximate surface area is 171 Å². The van der Waals surface area contributed by atoms with Crippen LogP contribution in [-0.2, 0) is 6.54 Å². The van der Waals surface area contributed by atoms with E-state index in [4.69, 9.17) is 4.74 Å². The van der Waals surface area contributed by atoms with Gasteiger partial charge in [0.25, 0.3) is 5.56 Å². The van der Waals surface area contributed by atoms with Gasteiger partial charge in [0.05, 0.1) is 29.4 Å². The number of aromatic nitrogens is 2. The van der Waals surface area contributed by atoms with Crippen molar-refractivity contribution in [3.63, 3.8) is 0 Å². The minimum absolute atomic E-state index is 0.133. The number of fused-ring (bicyclic) bond motifs is 1. The molecule has 0 amide bonds. The van der Waals surface area contributed by atoms with E-state index >= 15 is 0 Å². The fourth-order valence-corrected chi connectivity index (χ4v) is 4.07. The largest absolute Gasteiger partial charge is 0.492 e. The van der Waals surface area contributed by atoms with E-state index in [0.717, 1.165) is 45.8 Å². The Morgan fingerprint density at radius 1 is 1.21 bits per heavy atom. The summed E-state index contributed by atoms with van der Waals surface area (Å²) in [6, 6.07) is 5.46. The van der Waals surface area contributed by atoms with E-state index in [1.165, 1.54) is 4.57 Å². The van der Waals surface area contributed by atoms with Crippen molar-refractivity contribution in [1.82, 2.24) is 24.7 Å². The minimum atomic E-state index is -0.860. The summed E-state index contributed by atoms with van der Waals surface area (Å²) in [5.41, 5.74) is -0.345. The molecule has 0 unspecified atom stereocenters. The number of rotatable bonds is 6. The Kier molecular flexibility index (Phi) is 6.15. The van der Waals surface area contributed by atoms with Crippen LogP contribution in [0.4, 0.5) is 0 Å². The van der Waals surface area contributed by atoms with Gasteiger partial charge >= 0.3 is 0 Å². The molecule has 0 radical (unpaired) electrons. The van der Waals surface area contributed by atoms with E-state index in [-0.39, 0.29) is 12.1 Å². The molecule has 0 saturated carbocycles. The van der Waals surface area contributed by atoms with Crippen LogP contribution in [0.15, 0.2) is 29.3 Å². The Bertz CT molecular complexity index is 886. The topological polar surface area (TPSA) is 82.9 Å². The molecule has 158 valence electrons. The quantitative estimate of drug-likeness (QED) is 0.712. The number of nitrogens with one attached hydrogen (secondary N) is 1. The van der Waals surface area contributed by atoms with Crippen molar-refractivity contribution in [2.45, 2.75) is 25.0 Å². The maximum atomic E-state index is 13.0. The van der Waals surface area contributed by atoms with Crippen molar-refractivity contribution in [3.05, 3.63) is 34.9 Å². The van der Waals surface area contributed by atoms with Crippen molar-refractivity contribution >= 4 is 10.9 Å². The van der Waals surface area contributed by atoms with Gasteiger partial charge < -0.3 is 20.1 Å². The molecule has 2 aromatic rings. The lowest BCUT2D eigenvalue weighted by molar-refractivity contribution is -0.00627. The van der Waals surface area contributed by atoms with E-state index in [0.29, 0.717) is 36.1 Å². The van der Waals surface area contributed by atoms with Crippen molar-refractivity contribution in [2.75, 3.05) is 59.5 Å². The van der Waals surface area contributed by atoms with Crippen LogP contribution in [0.2, 0.25) is 0 Å². The molecule has 2 N–H and O–H groups in total. The minimum Gasteiger partial charge on any atom is -0.492 e. The molecule has 4 rings (SSSR count). The molecule has 8 nitrogen and oxygen atoms in total. The number of benzene rings is 1. The molecule has 2 aliphatic heterocycles. The standard InChI is InChI=1S/C21H31N5O3/c1-24-8-10-25(11-9-24)12-13-29-17-2-3-19-18(14-17)20(27)26(16-23-19)15-21(28)4-6-22-7-5-21/h2-3,14,16,22,28H,4-13,15H2,1H3. The smallest absolute Gasteiger partial charge is 0.261 e. The van der Waals surface area contributed by atoms with Gasteiger partial charge in [0, 0.05) is 32.7 Å². The summed E-state index contributed by atoms with van der Waals surface area (Å²) in [7, 11) is 2.15. The van der Waals surface area contributed by atoms with Gasteiger partial charge in [-0.25, -0.2) is 4.98 Å². The highest BCUT2D eigenvalue weighted by atomic mass is 16.5. The zero-order chi connectivity index (χ0) is 20.3. The van der Waals surface area contributed by atoms with Gasteiger partial charge in [0.1, 0.15) is 12.4 Å². The summed E-state index contributed by atoms with van der Waals surface area (Å²) < 4.78 is 7.45. The highest BCUT2D eigenvalue weighted by Crippen LogP contribution is 2.21. The van der Waals surface area contributed by atoms with Crippen LogP contribution < -0.4 is 15.6 Å². The van der Waals surface area contributed by atoms with Gasteiger partial charge in [-0.1, -0.05) is 0 Å². The van der Waals surface area contributed by atoms with Crippen LogP contribution >= 0.6 is 0 Å². The van der Waals surface area contributed by atoms with Gasteiger partial charge in [-0.15, -0.1) is 0 Å². The molecule has 2 fully saturated rings. The SMILES string of the molecule is CN1CCN(CCOc2ccc3ncn(CC4(O)CCNCC4)c(=O)c3c2)CC1. The molecule has 29 heavy (non-hydrogen) atoms. The highest BCUT2D eigenvalue weighted by molar-refractivity contribution is 5.78. The summed E-state index contributed by atoms with van der Waals surface area (Å²) in [6.07, 6.45) is 2.80. The molecule has 8 heteroatoms. The lowest BCUT2D eigenvalue weighted by atomic mass is 9.92. The number of nitrogens with zero attached hydrogens (tertiary/aromatic N) is 4. The normalized spacial score (nSPS) is 20.8. The third-order valence-electron chi connectivity index (χ3n) is 6.07. The first-order valence-electron chi connectivity index (χ1n) is 10.5. The molecule has 1 aromatic carbocycles. The zero-order valence-electron chi connectivity index (χ0n) is 17.1. The number of piperazine rings is 1. The zero-order valence-corrected chi connectivity index (χ0v) is 17.1. The number of piperidine rings is 1. The second-order valence-corrected chi connectivity index (χ2v) is 8.32. The number of aliphatic hydroxyl groups is 1. The number of likely N-dealkylation sites (N-methyl/N-ethyl adjacent to an activating group) is 1. The van der Waals surface area contributed by atoms with Gasteiger partial charge in [-0.2, -0.15) is 0 Å². The van der Waals surface area contributed by atoms with Crippen molar-refractivity contribution < 1.29 is 9.84 Å². The fourth-order valence-electron chi connectivity index (χ4n) is 4.07. The first-order chi connectivity index (χ1) is 14.0. The van der Waals surface area contributed by atoms with Crippen LogP contribution in [0.3, 0.4) is 0 Å². The molecule has 0 atom stereocenters. The van der Waals surface area contributed by atoms with Crippen LogP contribution in [-0.4, -0.2) is 89.5 Å². The van der Waals surface area contributed by atoms with Gasteiger partial charge in [-0.05, 0) is 51.2 Å². The maximum absolute atomic E-state index is 13.0. The van der Waals surface area contributed by atoms with Crippen molar-refractivity contribution in [1.29, 1.82) is 0 Å². The van der Waals surface area contributed by atoms with Crippen LogP contribution in [0.5, 0.6) is 5.75 Å². The Balaban J connectivity index is 1.43. The monoisotopic (exact) mass is 401 g/mol. The predicted molar refractivity (Wildman–Crippen MR) is 112 cm³/mol. The van der Waals surface area contributed by atoms with Crippen molar-refractivity contribution in [2.24, 2.45) is 0 Å². The summed E-state index contributed by atoms with van der Waals surface area (Å²) in [6.45, 7) is 7.56. The van der Waals surface area contributed by atoms with E-state index in [1.807, 2.05) is 12.1 Å². The fraction of sp³-hybridized carbons (Fsp3) is 0.619.